The van der Waals surface area contributed by atoms with Gasteiger partial charge in [-0.1, -0.05) is 20.8 Å². The molecule has 0 spiro atoms. The largest absolute Gasteiger partial charge is 0.462 e. The van der Waals surface area contributed by atoms with Gasteiger partial charge in [0.25, 0.3) is 0 Å². The van der Waals surface area contributed by atoms with Gasteiger partial charge in [0.2, 0.25) is 5.91 Å². The minimum Gasteiger partial charge on any atom is -0.462 e. The molecule has 166 valence electrons. The molecule has 3 amide bonds. The van der Waals surface area contributed by atoms with Crippen molar-refractivity contribution in [2.45, 2.75) is 59.5 Å². The molecule has 10 nitrogen and oxygen atoms in total. The van der Waals surface area contributed by atoms with E-state index in [9.17, 15) is 19.2 Å². The summed E-state index contributed by atoms with van der Waals surface area (Å²) in [6.45, 7) is 8.56. The van der Waals surface area contributed by atoms with Crippen molar-refractivity contribution in [2.24, 2.45) is 5.92 Å². The van der Waals surface area contributed by atoms with Crippen LogP contribution < -0.4 is 10.6 Å². The molecule has 2 heterocycles. The minimum absolute atomic E-state index is 0.0821. The average Bonchev–Trinajstić information content (AvgIpc) is 3.10. The van der Waals surface area contributed by atoms with E-state index < -0.39 is 17.8 Å². The first-order valence-electron chi connectivity index (χ1n) is 10.4. The molecule has 2 N–H and O–H groups in total. The highest BCUT2D eigenvalue weighted by molar-refractivity contribution is 6.39. The molecule has 1 aromatic rings. The summed E-state index contributed by atoms with van der Waals surface area (Å²) in [5.74, 6) is -2.26. The third-order valence-electron chi connectivity index (χ3n) is 4.78. The van der Waals surface area contributed by atoms with Gasteiger partial charge in [-0.15, -0.1) is 0 Å². The second-order valence-corrected chi connectivity index (χ2v) is 7.56. The van der Waals surface area contributed by atoms with Crippen molar-refractivity contribution in [2.75, 3.05) is 25.0 Å². The zero-order valence-electron chi connectivity index (χ0n) is 18.1. The number of anilines is 1. The van der Waals surface area contributed by atoms with Gasteiger partial charge >= 0.3 is 17.8 Å². The molecule has 1 saturated heterocycles. The number of rotatable bonds is 7. The van der Waals surface area contributed by atoms with Crippen molar-refractivity contribution in [1.29, 1.82) is 0 Å². The van der Waals surface area contributed by atoms with Crippen molar-refractivity contribution in [1.82, 2.24) is 20.0 Å². The lowest BCUT2D eigenvalue weighted by Gasteiger charge is -2.33. The molecule has 1 aliphatic heterocycles. The normalized spacial score (nSPS) is 16.3. The Morgan fingerprint density at radius 1 is 1.27 bits per heavy atom. The molecule has 0 saturated carbocycles. The first kappa shape index (κ1) is 23.4. The lowest BCUT2D eigenvalue weighted by molar-refractivity contribution is -0.144. The number of aryl methyl sites for hydroxylation is 1. The Kier molecular flexibility index (Phi) is 8.37. The summed E-state index contributed by atoms with van der Waals surface area (Å²) in [5, 5.41) is 9.57. The van der Waals surface area contributed by atoms with Crippen LogP contribution >= 0.6 is 0 Å². The van der Waals surface area contributed by atoms with E-state index in [-0.39, 0.29) is 42.4 Å². The number of hydrogen-bond acceptors (Lipinski definition) is 6. The van der Waals surface area contributed by atoms with E-state index in [4.69, 9.17) is 4.74 Å². The minimum atomic E-state index is -0.853. The van der Waals surface area contributed by atoms with Gasteiger partial charge in [-0.05, 0) is 26.2 Å². The number of ether oxygens (including phenoxy) is 1. The van der Waals surface area contributed by atoms with E-state index in [1.165, 1.54) is 15.8 Å². The van der Waals surface area contributed by atoms with Gasteiger partial charge in [-0.3, -0.25) is 14.4 Å². The molecule has 2 rings (SSSR count). The van der Waals surface area contributed by atoms with Crippen molar-refractivity contribution in [3.8, 4) is 0 Å². The van der Waals surface area contributed by atoms with Crippen LogP contribution in [0.4, 0.5) is 5.82 Å². The third-order valence-corrected chi connectivity index (χ3v) is 4.78. The first-order chi connectivity index (χ1) is 14.3. The lowest BCUT2D eigenvalue weighted by atomic mass is 10.0. The molecular weight excluding hydrogens is 390 g/mol. The number of esters is 1. The topological polar surface area (TPSA) is 123 Å². The Morgan fingerprint density at radius 3 is 2.63 bits per heavy atom. The van der Waals surface area contributed by atoms with Gasteiger partial charge in [0.05, 0.1) is 12.8 Å². The maximum atomic E-state index is 12.7. The second-order valence-electron chi connectivity index (χ2n) is 7.56. The number of piperidine rings is 1. The lowest BCUT2D eigenvalue weighted by Crippen LogP contribution is -2.52. The van der Waals surface area contributed by atoms with Crippen LogP contribution in [0.15, 0.2) is 6.20 Å². The molecule has 0 aromatic carbocycles. The first-order valence-corrected chi connectivity index (χ1v) is 10.4. The summed E-state index contributed by atoms with van der Waals surface area (Å²) < 4.78 is 6.48. The van der Waals surface area contributed by atoms with Crippen molar-refractivity contribution < 1.29 is 23.9 Å². The highest BCUT2D eigenvalue weighted by atomic mass is 16.5. The average molecular weight is 421 g/mol. The molecule has 30 heavy (non-hydrogen) atoms. The van der Waals surface area contributed by atoms with E-state index in [1.807, 2.05) is 6.92 Å². The van der Waals surface area contributed by atoms with Gasteiger partial charge in [0.15, 0.2) is 0 Å². The van der Waals surface area contributed by atoms with E-state index in [1.54, 1.807) is 20.8 Å². The monoisotopic (exact) mass is 421 g/mol. The molecular formula is C20H31N5O5. The van der Waals surface area contributed by atoms with Crippen LogP contribution in [0.2, 0.25) is 0 Å². The molecule has 0 bridgehead atoms. The molecule has 10 heteroatoms. The number of amides is 3. The van der Waals surface area contributed by atoms with Crippen LogP contribution in [-0.2, 0) is 25.7 Å². The van der Waals surface area contributed by atoms with Crippen LogP contribution in [-0.4, -0.2) is 64.1 Å². The number of carbonyl (C=O) groups is 4. The van der Waals surface area contributed by atoms with E-state index in [0.717, 1.165) is 12.8 Å². The summed E-state index contributed by atoms with van der Waals surface area (Å²) in [6, 6.07) is -0.189. The third kappa shape index (κ3) is 5.80. The van der Waals surface area contributed by atoms with Crippen LogP contribution in [0.1, 0.15) is 57.3 Å². The fourth-order valence-electron chi connectivity index (χ4n) is 3.21. The van der Waals surface area contributed by atoms with Crippen molar-refractivity contribution in [3.63, 3.8) is 0 Å². The van der Waals surface area contributed by atoms with E-state index in [2.05, 4.69) is 15.7 Å². The smallest absolute Gasteiger partial charge is 0.343 e. The Labute approximate surface area is 176 Å². The number of nitrogens with zero attached hydrogens (tertiary/aromatic N) is 3. The number of carbonyl (C=O) groups excluding carboxylic acids is 4. The maximum Gasteiger partial charge on any atom is 0.343 e. The zero-order chi connectivity index (χ0) is 22.3. The SMILES string of the molecule is CCCn1ncc(C(=O)OCC)c1NC(=O)C(=O)N1CCC[C@H](NC(=O)C(C)C)C1. The summed E-state index contributed by atoms with van der Waals surface area (Å²) in [6.07, 6.45) is 3.49. The van der Waals surface area contributed by atoms with Gasteiger partial charge in [0, 0.05) is 31.6 Å². The highest BCUT2D eigenvalue weighted by Crippen LogP contribution is 2.18. The predicted molar refractivity (Wildman–Crippen MR) is 110 cm³/mol. The van der Waals surface area contributed by atoms with Gasteiger partial charge in [-0.2, -0.15) is 5.10 Å². The second kappa shape index (κ2) is 10.7. The zero-order valence-corrected chi connectivity index (χ0v) is 18.1. The molecule has 0 unspecified atom stereocenters. The maximum absolute atomic E-state index is 12.7. The number of aromatic nitrogens is 2. The standard InChI is InChI=1S/C20H31N5O5/c1-5-9-25-16(15(11-21-25)20(29)30-6-2)23-18(27)19(28)24-10-7-8-14(12-24)22-17(26)13(3)4/h11,13-14H,5-10,12H2,1-4H3,(H,22,26)(H,23,27)/t14-/m0/s1. The summed E-state index contributed by atoms with van der Waals surface area (Å²) >= 11 is 0. The summed E-state index contributed by atoms with van der Waals surface area (Å²) in [7, 11) is 0. The number of hydrogen-bond donors (Lipinski definition) is 2. The van der Waals surface area contributed by atoms with Crippen LogP contribution in [0, 0.1) is 5.92 Å². The highest BCUT2D eigenvalue weighted by Gasteiger charge is 2.30. The quantitative estimate of drug-likeness (QED) is 0.503. The molecule has 1 aromatic heterocycles. The molecule has 1 fully saturated rings. The Bertz CT molecular complexity index is 789. The molecule has 0 radical (unpaired) electrons. The van der Waals surface area contributed by atoms with E-state index >= 15 is 0 Å². The Morgan fingerprint density at radius 2 is 2.00 bits per heavy atom. The molecule has 1 aliphatic rings. The van der Waals surface area contributed by atoms with Crippen LogP contribution in [0.5, 0.6) is 0 Å². The summed E-state index contributed by atoms with van der Waals surface area (Å²) in [5.41, 5.74) is 0.104. The van der Waals surface area contributed by atoms with Crippen LogP contribution in [0.25, 0.3) is 0 Å². The summed E-state index contributed by atoms with van der Waals surface area (Å²) in [4.78, 5) is 50.9. The van der Waals surface area contributed by atoms with Crippen LogP contribution in [0.3, 0.4) is 0 Å². The predicted octanol–water partition coefficient (Wildman–Crippen LogP) is 1.17. The van der Waals surface area contributed by atoms with Gasteiger partial charge < -0.3 is 20.3 Å². The fourth-order valence-corrected chi connectivity index (χ4v) is 3.21. The Hall–Kier alpha value is -2.91. The molecule has 1 atom stereocenters. The molecule has 0 aliphatic carbocycles. The van der Waals surface area contributed by atoms with Gasteiger partial charge in [0.1, 0.15) is 11.4 Å². The van der Waals surface area contributed by atoms with E-state index in [0.29, 0.717) is 19.5 Å². The Balaban J connectivity index is 2.09. The van der Waals surface area contributed by atoms with Crippen molar-refractivity contribution in [3.05, 3.63) is 11.8 Å². The van der Waals surface area contributed by atoms with Gasteiger partial charge in [-0.25, -0.2) is 9.48 Å². The van der Waals surface area contributed by atoms with Crippen molar-refractivity contribution >= 4 is 29.5 Å². The number of nitrogens with one attached hydrogen (secondary N) is 2. The number of likely N-dealkylation sites (tertiary alicyclic amines) is 1. The fraction of sp³-hybridized carbons (Fsp3) is 0.650.